The average molecular weight is 802 g/mol. The quantitative estimate of drug-likeness (QED) is 0.169. The summed E-state index contributed by atoms with van der Waals surface area (Å²) in [4.78, 5) is 74.5. The number of esters is 1. The lowest BCUT2D eigenvalue weighted by Crippen LogP contribution is -2.59. The maximum absolute atomic E-state index is 14.3. The fraction of sp³-hybridized carbons (Fsp3) is 0.750. The first kappa shape index (κ1) is 49.6. The molecule has 1 fully saturated rings. The molecule has 13 heteroatoms. The monoisotopic (exact) mass is 802 g/mol. The fourth-order valence-electron chi connectivity index (χ4n) is 8.13. The van der Waals surface area contributed by atoms with Crippen molar-refractivity contribution < 1.29 is 38.2 Å². The topological polar surface area (TPSA) is 147 Å². The third kappa shape index (κ3) is 14.1. The predicted octanol–water partition coefficient (Wildman–Crippen LogP) is 4.70. The average Bonchev–Trinajstić information content (AvgIpc) is 3.62. The van der Waals surface area contributed by atoms with Crippen molar-refractivity contribution in [1.82, 2.24) is 25.3 Å². The van der Waals surface area contributed by atoms with Gasteiger partial charge in [0.05, 0.1) is 42.7 Å². The SMILES string of the molecule is CC[C@H](C)[C@@H]([C@@H](CC(=O)N1CCCC1[C@H](OC)[C@@H](C)C(=O)N[C@@H](Cc1ccccc1)C(=O)OC(C)(C)C)OC)N(C)C(=O)[C@@H](NC(=O)[C@H](C(C)C)N(C)C)C(C)C. The van der Waals surface area contributed by atoms with Crippen LogP contribution in [-0.4, -0.2) is 134 Å². The predicted molar refractivity (Wildman–Crippen MR) is 223 cm³/mol. The molecule has 324 valence electrons. The third-order valence-electron chi connectivity index (χ3n) is 11.2. The number of hydrogen-bond donors (Lipinski definition) is 2. The van der Waals surface area contributed by atoms with Crippen LogP contribution >= 0.6 is 0 Å². The van der Waals surface area contributed by atoms with Gasteiger partial charge in [-0.1, -0.05) is 85.2 Å². The van der Waals surface area contributed by atoms with Gasteiger partial charge in [0.1, 0.15) is 17.7 Å². The zero-order valence-electron chi connectivity index (χ0n) is 37.6. The van der Waals surface area contributed by atoms with Crippen molar-refractivity contribution >= 4 is 29.6 Å². The van der Waals surface area contributed by atoms with Gasteiger partial charge < -0.3 is 34.6 Å². The van der Waals surface area contributed by atoms with Gasteiger partial charge in [-0.25, -0.2) is 4.79 Å². The Labute approximate surface area is 343 Å². The number of amides is 4. The van der Waals surface area contributed by atoms with E-state index in [1.54, 1.807) is 51.7 Å². The van der Waals surface area contributed by atoms with E-state index in [9.17, 15) is 24.0 Å². The van der Waals surface area contributed by atoms with E-state index < -0.39 is 59.9 Å². The second kappa shape index (κ2) is 22.6. The summed E-state index contributed by atoms with van der Waals surface area (Å²) in [6.45, 7) is 19.4. The highest BCUT2D eigenvalue weighted by atomic mass is 16.6. The van der Waals surface area contributed by atoms with E-state index in [1.807, 2.05) is 90.9 Å². The van der Waals surface area contributed by atoms with Crippen molar-refractivity contribution in [2.75, 3.05) is 41.9 Å². The largest absolute Gasteiger partial charge is 0.458 e. The van der Waals surface area contributed by atoms with Crippen LogP contribution in [0.25, 0.3) is 0 Å². The number of likely N-dealkylation sites (N-methyl/N-ethyl adjacent to an activating group) is 2. The van der Waals surface area contributed by atoms with E-state index >= 15 is 0 Å². The maximum Gasteiger partial charge on any atom is 0.329 e. The molecule has 1 aromatic carbocycles. The molecule has 1 aliphatic heterocycles. The number of ether oxygens (including phenoxy) is 3. The normalized spacial score (nSPS) is 19.0. The van der Waals surface area contributed by atoms with Crippen LogP contribution in [0, 0.1) is 23.7 Å². The Hall–Kier alpha value is -3.55. The molecule has 0 radical (unpaired) electrons. The van der Waals surface area contributed by atoms with Gasteiger partial charge in [0.25, 0.3) is 0 Å². The van der Waals surface area contributed by atoms with Crippen LogP contribution in [0.15, 0.2) is 30.3 Å². The molecule has 0 aromatic heterocycles. The summed E-state index contributed by atoms with van der Waals surface area (Å²) < 4.78 is 17.7. The molecule has 0 spiro atoms. The van der Waals surface area contributed by atoms with Gasteiger partial charge in [0, 0.05) is 34.2 Å². The smallest absolute Gasteiger partial charge is 0.329 e. The van der Waals surface area contributed by atoms with E-state index in [4.69, 9.17) is 14.2 Å². The van der Waals surface area contributed by atoms with Crippen molar-refractivity contribution in [3.8, 4) is 0 Å². The van der Waals surface area contributed by atoms with Gasteiger partial charge in [-0.2, -0.15) is 0 Å². The van der Waals surface area contributed by atoms with Crippen LogP contribution in [0.2, 0.25) is 0 Å². The molecule has 0 bridgehead atoms. The number of nitrogens with one attached hydrogen (secondary N) is 2. The molecule has 0 saturated carbocycles. The molecule has 1 aliphatic rings. The molecule has 57 heavy (non-hydrogen) atoms. The van der Waals surface area contributed by atoms with Crippen LogP contribution in [-0.2, 0) is 44.6 Å². The van der Waals surface area contributed by atoms with Gasteiger partial charge in [0.15, 0.2) is 0 Å². The number of rotatable bonds is 21. The van der Waals surface area contributed by atoms with Crippen LogP contribution in [0.3, 0.4) is 0 Å². The molecule has 1 aromatic rings. The Bertz CT molecular complexity index is 1440. The Morgan fingerprint density at radius 1 is 0.877 bits per heavy atom. The summed E-state index contributed by atoms with van der Waals surface area (Å²) in [7, 11) is 8.53. The van der Waals surface area contributed by atoms with E-state index in [2.05, 4.69) is 10.6 Å². The lowest BCUT2D eigenvalue weighted by Gasteiger charge is -2.41. The Morgan fingerprint density at radius 2 is 1.49 bits per heavy atom. The number of nitrogens with zero attached hydrogens (tertiary/aromatic N) is 3. The van der Waals surface area contributed by atoms with Crippen molar-refractivity contribution in [3.05, 3.63) is 35.9 Å². The lowest BCUT2D eigenvalue weighted by molar-refractivity contribution is -0.159. The zero-order chi connectivity index (χ0) is 43.4. The van der Waals surface area contributed by atoms with Gasteiger partial charge in [-0.05, 0) is 71.0 Å². The summed E-state index contributed by atoms with van der Waals surface area (Å²) >= 11 is 0. The molecule has 1 unspecified atom stereocenters. The van der Waals surface area contributed by atoms with Crippen LogP contribution in [0.1, 0.15) is 100 Å². The van der Waals surface area contributed by atoms with E-state index in [-0.39, 0.29) is 54.2 Å². The molecule has 1 heterocycles. The highest BCUT2D eigenvalue weighted by Gasteiger charge is 2.43. The first-order valence-corrected chi connectivity index (χ1v) is 20.8. The van der Waals surface area contributed by atoms with Crippen LogP contribution in [0.5, 0.6) is 0 Å². The van der Waals surface area contributed by atoms with Crippen molar-refractivity contribution in [3.63, 3.8) is 0 Å². The first-order chi connectivity index (χ1) is 26.6. The second-order valence-electron chi connectivity index (χ2n) is 17.8. The van der Waals surface area contributed by atoms with E-state index in [0.29, 0.717) is 13.0 Å². The summed E-state index contributed by atoms with van der Waals surface area (Å²) in [5, 5.41) is 5.97. The number of benzene rings is 1. The van der Waals surface area contributed by atoms with E-state index in [1.165, 1.54) is 7.11 Å². The van der Waals surface area contributed by atoms with E-state index in [0.717, 1.165) is 18.4 Å². The van der Waals surface area contributed by atoms with Crippen molar-refractivity contribution in [2.45, 2.75) is 149 Å². The number of hydrogen-bond acceptors (Lipinski definition) is 9. The molecular formula is C44H75N5O8. The number of carbonyl (C=O) groups is 5. The molecule has 1 saturated heterocycles. The Morgan fingerprint density at radius 3 is 1.98 bits per heavy atom. The van der Waals surface area contributed by atoms with Gasteiger partial charge >= 0.3 is 5.97 Å². The molecule has 4 amide bonds. The van der Waals surface area contributed by atoms with Gasteiger partial charge in [0.2, 0.25) is 23.6 Å². The highest BCUT2D eigenvalue weighted by Crippen LogP contribution is 2.30. The summed E-state index contributed by atoms with van der Waals surface area (Å²) in [5.41, 5.74) is 0.134. The second-order valence-corrected chi connectivity index (χ2v) is 17.8. The molecule has 13 nitrogen and oxygen atoms in total. The summed E-state index contributed by atoms with van der Waals surface area (Å²) in [6.07, 6.45) is 1.04. The zero-order valence-corrected chi connectivity index (χ0v) is 37.6. The minimum absolute atomic E-state index is 0.00316. The summed E-state index contributed by atoms with van der Waals surface area (Å²) in [6, 6.07) is 6.47. The molecule has 0 aliphatic carbocycles. The maximum atomic E-state index is 14.3. The molecule has 2 N–H and O–H groups in total. The standard InChI is InChI=1S/C44H75N5O8/c1-16-29(6)38(48(13)42(53)36(27(2)3)46-41(52)37(28(4)5)47(11)12)34(55-14)26-35(50)49-24-20-23-33(49)39(56-15)30(7)40(51)45-32(43(54)57-44(8,9)10)25-31-21-18-17-19-22-31/h17-19,21-22,27-30,32-34,36-39H,16,20,23-26H2,1-15H3,(H,45,51)(H,46,52)/t29-,30+,32-,33?,34+,36-,37-,38-,39+/m0/s1. The minimum Gasteiger partial charge on any atom is -0.458 e. The lowest BCUT2D eigenvalue weighted by atomic mass is 9.89. The Balaban J connectivity index is 2.32. The first-order valence-electron chi connectivity index (χ1n) is 20.8. The van der Waals surface area contributed by atoms with Crippen LogP contribution < -0.4 is 10.6 Å². The Kier molecular flexibility index (Phi) is 19.6. The number of likely N-dealkylation sites (tertiary alicyclic amines) is 1. The third-order valence-corrected chi connectivity index (χ3v) is 11.2. The number of methoxy groups -OCH3 is 2. The van der Waals surface area contributed by atoms with Gasteiger partial charge in [-0.15, -0.1) is 0 Å². The highest BCUT2D eigenvalue weighted by molar-refractivity contribution is 5.90. The van der Waals surface area contributed by atoms with Crippen molar-refractivity contribution in [2.24, 2.45) is 23.7 Å². The molecular weight excluding hydrogens is 727 g/mol. The summed E-state index contributed by atoms with van der Waals surface area (Å²) in [5.74, 6) is -2.42. The van der Waals surface area contributed by atoms with Crippen LogP contribution in [0.4, 0.5) is 0 Å². The molecule has 9 atom stereocenters. The van der Waals surface area contributed by atoms with Gasteiger partial charge in [-0.3, -0.25) is 24.1 Å². The number of carbonyl (C=O) groups excluding carboxylic acids is 5. The fourth-order valence-corrected chi connectivity index (χ4v) is 8.13. The van der Waals surface area contributed by atoms with Crippen molar-refractivity contribution in [1.29, 1.82) is 0 Å². The molecule has 2 rings (SSSR count). The minimum atomic E-state index is -0.923.